The van der Waals surface area contributed by atoms with E-state index in [0.717, 1.165) is 6.07 Å². The van der Waals surface area contributed by atoms with Crippen molar-refractivity contribution < 1.29 is 18.3 Å². The van der Waals surface area contributed by atoms with Crippen LogP contribution in [-0.2, 0) is 9.53 Å². The Morgan fingerprint density at radius 1 is 1.41 bits per heavy atom. The van der Waals surface area contributed by atoms with Gasteiger partial charge in [-0.05, 0) is 25.0 Å². The van der Waals surface area contributed by atoms with E-state index in [9.17, 15) is 13.6 Å². The maximum atomic E-state index is 13.2. The van der Waals surface area contributed by atoms with Crippen molar-refractivity contribution in [3.8, 4) is 0 Å². The maximum Gasteiger partial charge on any atom is 0.305 e. The van der Waals surface area contributed by atoms with Gasteiger partial charge in [0.05, 0.1) is 7.11 Å². The van der Waals surface area contributed by atoms with Crippen LogP contribution in [0.1, 0.15) is 24.8 Å². The quantitative estimate of drug-likeness (QED) is 0.583. The minimum atomic E-state index is -0.592. The number of esters is 1. The highest BCUT2D eigenvalue weighted by molar-refractivity contribution is 5.69. The van der Waals surface area contributed by atoms with Crippen molar-refractivity contribution in [1.82, 2.24) is 0 Å². The molecule has 1 rings (SSSR count). The third kappa shape index (κ3) is 4.76. The van der Waals surface area contributed by atoms with Gasteiger partial charge in [0, 0.05) is 18.1 Å². The van der Waals surface area contributed by atoms with Crippen molar-refractivity contribution in [2.75, 3.05) is 7.11 Å². The van der Waals surface area contributed by atoms with Crippen LogP contribution >= 0.6 is 0 Å². The molecular formula is C13H14F2O2. The van der Waals surface area contributed by atoms with E-state index in [2.05, 4.69) is 4.74 Å². The molecule has 0 amide bonds. The van der Waals surface area contributed by atoms with E-state index in [-0.39, 0.29) is 5.97 Å². The molecule has 2 nitrogen and oxygen atoms in total. The second-order valence-electron chi connectivity index (χ2n) is 3.54. The van der Waals surface area contributed by atoms with Crippen LogP contribution in [-0.4, -0.2) is 13.1 Å². The molecule has 0 saturated heterocycles. The standard InChI is InChI=1S/C13H14F2O2/c1-17-13(16)6-4-2-3-5-10-7-8-11(14)9-12(10)15/h3,5,7-9H,2,4,6H2,1H3/b5-3+. The molecule has 0 aliphatic heterocycles. The lowest BCUT2D eigenvalue weighted by molar-refractivity contribution is -0.140. The number of hydrogen-bond acceptors (Lipinski definition) is 2. The molecular weight excluding hydrogens is 226 g/mol. The summed E-state index contributed by atoms with van der Waals surface area (Å²) < 4.78 is 30.3. The van der Waals surface area contributed by atoms with Gasteiger partial charge in [-0.15, -0.1) is 0 Å². The average Bonchev–Trinajstić information content (AvgIpc) is 2.30. The molecule has 1 aromatic rings. The first-order valence-electron chi connectivity index (χ1n) is 5.32. The first-order valence-corrected chi connectivity index (χ1v) is 5.32. The summed E-state index contributed by atoms with van der Waals surface area (Å²) in [5, 5.41) is 0. The summed E-state index contributed by atoms with van der Waals surface area (Å²) >= 11 is 0. The van der Waals surface area contributed by atoms with Gasteiger partial charge in [0.1, 0.15) is 11.6 Å². The Morgan fingerprint density at radius 3 is 2.82 bits per heavy atom. The molecule has 0 atom stereocenters. The fourth-order valence-electron chi connectivity index (χ4n) is 1.31. The van der Waals surface area contributed by atoms with Crippen molar-refractivity contribution in [2.45, 2.75) is 19.3 Å². The molecule has 92 valence electrons. The highest BCUT2D eigenvalue weighted by Crippen LogP contribution is 2.12. The number of hydrogen-bond donors (Lipinski definition) is 0. The number of carbonyl (C=O) groups excluding carboxylic acids is 1. The summed E-state index contributed by atoms with van der Waals surface area (Å²) in [7, 11) is 1.34. The predicted octanol–water partition coefficient (Wildman–Crippen LogP) is 3.32. The zero-order valence-electron chi connectivity index (χ0n) is 9.58. The Hall–Kier alpha value is -1.71. The molecule has 1 aromatic carbocycles. The number of methoxy groups -OCH3 is 1. The lowest BCUT2D eigenvalue weighted by Gasteiger charge is -1.97. The van der Waals surface area contributed by atoms with Gasteiger partial charge < -0.3 is 4.74 Å². The predicted molar refractivity (Wildman–Crippen MR) is 61.3 cm³/mol. The summed E-state index contributed by atoms with van der Waals surface area (Å²) in [6, 6.07) is 3.42. The van der Waals surface area contributed by atoms with Gasteiger partial charge in [0.2, 0.25) is 0 Å². The van der Waals surface area contributed by atoms with Crippen LogP contribution in [0.25, 0.3) is 6.08 Å². The molecule has 0 aromatic heterocycles. The lowest BCUT2D eigenvalue weighted by atomic mass is 10.1. The minimum absolute atomic E-state index is 0.258. The lowest BCUT2D eigenvalue weighted by Crippen LogP contribution is -1.98. The molecule has 0 aliphatic carbocycles. The Labute approximate surface area is 98.9 Å². The second kappa shape index (κ2) is 6.78. The number of carbonyl (C=O) groups is 1. The number of unbranched alkanes of at least 4 members (excludes halogenated alkanes) is 1. The number of rotatable bonds is 5. The first kappa shape index (κ1) is 13.4. The average molecular weight is 240 g/mol. The van der Waals surface area contributed by atoms with Crippen LogP contribution < -0.4 is 0 Å². The summed E-state index contributed by atoms with van der Waals surface area (Å²) in [5.74, 6) is -1.44. The van der Waals surface area contributed by atoms with E-state index >= 15 is 0 Å². The molecule has 0 saturated carbocycles. The van der Waals surface area contributed by atoms with Gasteiger partial charge in [-0.2, -0.15) is 0 Å². The third-order valence-corrected chi connectivity index (χ3v) is 2.24. The van der Waals surface area contributed by atoms with E-state index < -0.39 is 11.6 Å². The van der Waals surface area contributed by atoms with Crippen molar-refractivity contribution >= 4 is 12.0 Å². The van der Waals surface area contributed by atoms with Crippen molar-refractivity contribution in [3.05, 3.63) is 41.5 Å². The second-order valence-corrected chi connectivity index (χ2v) is 3.54. The number of allylic oxidation sites excluding steroid dienone is 1. The fourth-order valence-corrected chi connectivity index (χ4v) is 1.31. The van der Waals surface area contributed by atoms with Crippen molar-refractivity contribution in [1.29, 1.82) is 0 Å². The Kier molecular flexibility index (Phi) is 5.33. The topological polar surface area (TPSA) is 26.3 Å². The molecule has 4 heteroatoms. The summed E-state index contributed by atoms with van der Waals surface area (Å²) in [6.45, 7) is 0. The van der Waals surface area contributed by atoms with Crippen molar-refractivity contribution in [2.24, 2.45) is 0 Å². The largest absolute Gasteiger partial charge is 0.469 e. The molecule has 0 radical (unpaired) electrons. The first-order chi connectivity index (χ1) is 8.13. The SMILES string of the molecule is COC(=O)CCC/C=C/c1ccc(F)cc1F. The zero-order valence-corrected chi connectivity index (χ0v) is 9.58. The van der Waals surface area contributed by atoms with Gasteiger partial charge in [-0.25, -0.2) is 8.78 Å². The molecule has 0 bridgehead atoms. The van der Waals surface area contributed by atoms with Crippen LogP contribution in [0, 0.1) is 11.6 Å². The summed E-state index contributed by atoms with van der Waals surface area (Å²) in [6.07, 6.45) is 4.95. The highest BCUT2D eigenvalue weighted by Gasteiger charge is 2.00. The number of ether oxygens (including phenoxy) is 1. The van der Waals surface area contributed by atoms with Crippen LogP contribution in [0.4, 0.5) is 8.78 Å². The van der Waals surface area contributed by atoms with Gasteiger partial charge in [-0.3, -0.25) is 4.79 Å². The van der Waals surface area contributed by atoms with E-state index in [1.807, 2.05) is 0 Å². The summed E-state index contributed by atoms with van der Waals surface area (Å²) in [4.78, 5) is 10.8. The number of benzene rings is 1. The minimum Gasteiger partial charge on any atom is -0.469 e. The molecule has 0 heterocycles. The molecule has 0 N–H and O–H groups in total. The van der Waals surface area contributed by atoms with E-state index in [1.54, 1.807) is 12.2 Å². The van der Waals surface area contributed by atoms with Gasteiger partial charge in [0.15, 0.2) is 0 Å². The van der Waals surface area contributed by atoms with Gasteiger partial charge in [0.25, 0.3) is 0 Å². The van der Waals surface area contributed by atoms with Crippen LogP contribution in [0.15, 0.2) is 24.3 Å². The summed E-state index contributed by atoms with van der Waals surface area (Å²) in [5.41, 5.74) is 0.337. The Morgan fingerprint density at radius 2 is 2.18 bits per heavy atom. The Balaban J connectivity index is 2.40. The molecule has 0 aliphatic rings. The molecule has 0 unspecified atom stereocenters. The van der Waals surface area contributed by atoms with Gasteiger partial charge in [-0.1, -0.05) is 12.2 Å². The third-order valence-electron chi connectivity index (χ3n) is 2.24. The van der Waals surface area contributed by atoms with E-state index in [1.165, 1.54) is 19.2 Å². The molecule has 0 spiro atoms. The number of halogens is 2. The monoisotopic (exact) mass is 240 g/mol. The van der Waals surface area contributed by atoms with Crippen LogP contribution in [0.2, 0.25) is 0 Å². The fraction of sp³-hybridized carbons (Fsp3) is 0.308. The highest BCUT2D eigenvalue weighted by atomic mass is 19.1. The van der Waals surface area contributed by atoms with Crippen LogP contribution in [0.3, 0.4) is 0 Å². The van der Waals surface area contributed by atoms with Crippen LogP contribution in [0.5, 0.6) is 0 Å². The van der Waals surface area contributed by atoms with E-state index in [0.29, 0.717) is 24.8 Å². The maximum absolute atomic E-state index is 13.2. The smallest absolute Gasteiger partial charge is 0.305 e. The molecule has 17 heavy (non-hydrogen) atoms. The van der Waals surface area contributed by atoms with E-state index in [4.69, 9.17) is 0 Å². The Bertz CT molecular complexity index is 414. The van der Waals surface area contributed by atoms with Crippen molar-refractivity contribution in [3.63, 3.8) is 0 Å². The van der Waals surface area contributed by atoms with Gasteiger partial charge >= 0.3 is 5.97 Å². The normalized spacial score (nSPS) is 10.8. The zero-order chi connectivity index (χ0) is 12.7. The molecule has 0 fully saturated rings.